The van der Waals surface area contributed by atoms with Crippen molar-refractivity contribution in [3.8, 4) is 5.75 Å². The number of anilines is 1. The van der Waals surface area contributed by atoms with Crippen LogP contribution in [0.5, 0.6) is 5.75 Å². The minimum Gasteiger partial charge on any atom is -0.497 e. The summed E-state index contributed by atoms with van der Waals surface area (Å²) in [5.74, 6) is 0.00672. The van der Waals surface area contributed by atoms with Gasteiger partial charge in [0.1, 0.15) is 5.75 Å². The van der Waals surface area contributed by atoms with Crippen molar-refractivity contribution in [2.45, 2.75) is 17.9 Å². The molecule has 4 rings (SSSR count). The molecule has 1 heterocycles. The highest BCUT2D eigenvalue weighted by atomic mass is 32.2. The van der Waals surface area contributed by atoms with Gasteiger partial charge in [-0.15, -0.1) is 4.40 Å². The summed E-state index contributed by atoms with van der Waals surface area (Å²) < 4.78 is 34.8. The lowest BCUT2D eigenvalue weighted by molar-refractivity contribution is -0.117. The molecule has 1 N–H and O–H groups in total. The maximum atomic E-state index is 13.1. The van der Waals surface area contributed by atoms with Crippen LogP contribution >= 0.6 is 0 Å². The van der Waals surface area contributed by atoms with E-state index in [-0.39, 0.29) is 10.7 Å². The smallest absolute Gasteiger partial charge is 0.284 e. The summed E-state index contributed by atoms with van der Waals surface area (Å²) in [5.41, 5.74) is 4.69. The van der Waals surface area contributed by atoms with Crippen molar-refractivity contribution in [1.82, 2.24) is 5.43 Å². The maximum Gasteiger partial charge on any atom is 0.284 e. The third kappa shape index (κ3) is 4.90. The van der Waals surface area contributed by atoms with Crippen molar-refractivity contribution in [2.75, 3.05) is 12.1 Å². The summed E-state index contributed by atoms with van der Waals surface area (Å²) >= 11 is 0. The van der Waals surface area contributed by atoms with Crippen LogP contribution in [0.15, 0.2) is 98.4 Å². The second kappa shape index (κ2) is 9.21. The van der Waals surface area contributed by atoms with Gasteiger partial charge in [-0.1, -0.05) is 35.9 Å². The van der Waals surface area contributed by atoms with E-state index in [1.807, 2.05) is 13.0 Å². The fourth-order valence-electron chi connectivity index (χ4n) is 3.08. The van der Waals surface area contributed by atoms with E-state index in [1.54, 1.807) is 67.8 Å². The summed E-state index contributed by atoms with van der Waals surface area (Å²) in [7, 11) is -2.54. The second-order valence-corrected chi connectivity index (χ2v) is 8.81. The molecule has 33 heavy (non-hydrogen) atoms. The molecule has 10 heteroatoms. The number of aryl methyl sites for hydroxylation is 1. The number of ether oxygens (including phenoxy) is 1. The second-order valence-electron chi connectivity index (χ2n) is 7.20. The van der Waals surface area contributed by atoms with Crippen molar-refractivity contribution >= 4 is 33.1 Å². The number of carbonyl (C=O) groups excluding carboxylic acids is 1. The van der Waals surface area contributed by atoms with E-state index in [0.29, 0.717) is 17.1 Å². The van der Waals surface area contributed by atoms with E-state index in [9.17, 15) is 13.2 Å². The molecule has 168 valence electrons. The average Bonchev–Trinajstić information content (AvgIpc) is 3.13. The third-order valence-corrected chi connectivity index (χ3v) is 6.16. The first kappa shape index (κ1) is 22.2. The summed E-state index contributed by atoms with van der Waals surface area (Å²) in [5, 5.41) is 9.44. The van der Waals surface area contributed by atoms with Gasteiger partial charge >= 0.3 is 0 Å². The van der Waals surface area contributed by atoms with E-state index >= 15 is 0 Å². The van der Waals surface area contributed by atoms with Crippen LogP contribution in [-0.2, 0) is 14.8 Å². The Morgan fingerprint density at radius 3 is 2.24 bits per heavy atom. The van der Waals surface area contributed by atoms with Crippen LogP contribution < -0.4 is 15.2 Å². The number of para-hydroxylation sites is 1. The number of nitrogens with one attached hydrogen (secondary N) is 1. The quantitative estimate of drug-likeness (QED) is 0.559. The number of hydrazine groups is 1. The van der Waals surface area contributed by atoms with E-state index in [4.69, 9.17) is 4.74 Å². The fraction of sp³-hybridized carbons (Fsp3) is 0.130. The molecule has 0 spiro atoms. The van der Waals surface area contributed by atoms with Crippen LogP contribution in [0.2, 0.25) is 0 Å². The van der Waals surface area contributed by atoms with E-state index < -0.39 is 22.0 Å². The zero-order valence-electron chi connectivity index (χ0n) is 17.9. The molecule has 0 aromatic heterocycles. The van der Waals surface area contributed by atoms with Crippen LogP contribution in [0, 0.1) is 6.92 Å². The van der Waals surface area contributed by atoms with Crippen LogP contribution in [0.25, 0.3) is 0 Å². The van der Waals surface area contributed by atoms with Gasteiger partial charge in [-0.3, -0.25) is 10.2 Å². The molecule has 9 nitrogen and oxygen atoms in total. The normalized spacial score (nSPS) is 17.5. The molecule has 0 bridgehead atoms. The first-order chi connectivity index (χ1) is 15.9. The van der Waals surface area contributed by atoms with Gasteiger partial charge < -0.3 is 4.74 Å². The van der Waals surface area contributed by atoms with Crippen LogP contribution in [0.1, 0.15) is 5.56 Å². The Kier molecular flexibility index (Phi) is 6.18. The molecule has 0 aliphatic carbocycles. The Balaban J connectivity index is 1.71. The van der Waals surface area contributed by atoms with Gasteiger partial charge in [-0.25, -0.2) is 5.01 Å². The first-order valence-electron chi connectivity index (χ1n) is 9.99. The molecule has 1 aliphatic rings. The predicted octanol–water partition coefficient (Wildman–Crippen LogP) is 3.79. The molecule has 1 amide bonds. The Hall–Kier alpha value is -4.05. The molecule has 1 aliphatic heterocycles. The zero-order chi connectivity index (χ0) is 23.4. The lowest BCUT2D eigenvalue weighted by Gasteiger charge is -2.15. The Bertz CT molecular complexity index is 1310. The minimum absolute atomic E-state index is 0.0128. The number of sulfonamides is 1. The van der Waals surface area contributed by atoms with Crippen molar-refractivity contribution in [2.24, 2.45) is 14.6 Å². The van der Waals surface area contributed by atoms with Gasteiger partial charge in [0.05, 0.1) is 23.4 Å². The SMILES string of the molecule is COc1ccc(N=N[C@@H]2C(=O)N(c3ccccc3)NC2=NS(=O)(=O)c2ccc(C)cc2)cc1. The largest absolute Gasteiger partial charge is 0.497 e. The van der Waals surface area contributed by atoms with Gasteiger partial charge in [0.25, 0.3) is 15.9 Å². The molecule has 0 unspecified atom stereocenters. The molecular formula is C23H21N5O4S. The van der Waals surface area contributed by atoms with E-state index in [0.717, 1.165) is 5.56 Å². The summed E-state index contributed by atoms with van der Waals surface area (Å²) in [6.45, 7) is 1.85. The highest BCUT2D eigenvalue weighted by Gasteiger charge is 2.40. The minimum atomic E-state index is -4.09. The van der Waals surface area contributed by atoms with Gasteiger partial charge in [0.15, 0.2) is 5.84 Å². The first-order valence-corrected chi connectivity index (χ1v) is 11.4. The molecule has 1 atom stereocenters. The van der Waals surface area contributed by atoms with Gasteiger partial charge in [-0.2, -0.15) is 18.6 Å². The van der Waals surface area contributed by atoms with Crippen molar-refractivity contribution in [1.29, 1.82) is 0 Å². The number of methoxy groups -OCH3 is 1. The van der Waals surface area contributed by atoms with Crippen LogP contribution in [0.4, 0.5) is 11.4 Å². The third-order valence-electron chi connectivity index (χ3n) is 4.85. The number of hydrogen-bond donors (Lipinski definition) is 1. The number of carbonyl (C=O) groups is 1. The van der Waals surface area contributed by atoms with Gasteiger partial charge in [0, 0.05) is 0 Å². The molecule has 3 aromatic carbocycles. The number of benzene rings is 3. The fourth-order valence-corrected chi connectivity index (χ4v) is 4.06. The summed E-state index contributed by atoms with van der Waals surface area (Å²) in [4.78, 5) is 13.1. The highest BCUT2D eigenvalue weighted by Crippen LogP contribution is 2.23. The standard InChI is InChI=1S/C23H21N5O4S/c1-16-8-14-20(15-9-16)33(30,31)27-22-21(25-24-17-10-12-19(32-2)13-11-17)23(29)28(26-22)18-6-4-3-5-7-18/h3-15,21H,1-2H3,(H,26,27)/t21-/m0/s1. The molecule has 1 saturated heterocycles. The van der Waals surface area contributed by atoms with E-state index in [1.165, 1.54) is 17.1 Å². The number of azo groups is 1. The number of amidine groups is 1. The highest BCUT2D eigenvalue weighted by molar-refractivity contribution is 7.90. The van der Waals surface area contributed by atoms with Crippen molar-refractivity contribution in [3.63, 3.8) is 0 Å². The van der Waals surface area contributed by atoms with Crippen LogP contribution in [0.3, 0.4) is 0 Å². The Morgan fingerprint density at radius 2 is 1.61 bits per heavy atom. The molecule has 0 radical (unpaired) electrons. The maximum absolute atomic E-state index is 13.1. The molecule has 0 saturated carbocycles. The monoisotopic (exact) mass is 463 g/mol. The molecule has 3 aromatic rings. The van der Waals surface area contributed by atoms with Gasteiger partial charge in [-0.05, 0) is 55.5 Å². The summed E-state index contributed by atoms with van der Waals surface area (Å²) in [6, 6.07) is 20.5. The number of rotatable bonds is 6. The number of hydrogen-bond acceptors (Lipinski definition) is 6. The topological polar surface area (TPSA) is 113 Å². The van der Waals surface area contributed by atoms with Gasteiger partial charge in [0.2, 0.25) is 6.04 Å². The zero-order valence-corrected chi connectivity index (χ0v) is 18.7. The van der Waals surface area contributed by atoms with Crippen molar-refractivity contribution < 1.29 is 17.9 Å². The average molecular weight is 464 g/mol. The van der Waals surface area contributed by atoms with Crippen molar-refractivity contribution in [3.05, 3.63) is 84.4 Å². The summed E-state index contributed by atoms with van der Waals surface area (Å²) in [6.07, 6.45) is 0. The predicted molar refractivity (Wildman–Crippen MR) is 124 cm³/mol. The number of nitrogens with zero attached hydrogens (tertiary/aromatic N) is 4. The number of amides is 1. The van der Waals surface area contributed by atoms with E-state index in [2.05, 4.69) is 20.1 Å². The van der Waals surface area contributed by atoms with Crippen LogP contribution in [-0.4, -0.2) is 33.3 Å². The Labute approximate surface area is 191 Å². The Morgan fingerprint density at radius 1 is 0.939 bits per heavy atom. The molecule has 1 fully saturated rings. The lowest BCUT2D eigenvalue weighted by Crippen LogP contribution is -2.36. The molecular weight excluding hydrogens is 442 g/mol. The lowest BCUT2D eigenvalue weighted by atomic mass is 10.2.